The first-order chi connectivity index (χ1) is 9.61. The summed E-state index contributed by atoms with van der Waals surface area (Å²) in [6.45, 7) is 2.68. The van der Waals surface area contributed by atoms with Gasteiger partial charge in [-0.2, -0.15) is 0 Å². The summed E-state index contributed by atoms with van der Waals surface area (Å²) in [5.74, 6) is -0.128. The molecule has 4 nitrogen and oxygen atoms in total. The van der Waals surface area contributed by atoms with Gasteiger partial charge in [0.2, 0.25) is 5.91 Å². The standard InChI is InChI=1S/C16H23NO3/c1-13-7-6-8-14(11-13)12-15(18)17-10-5-3-4-9-16(19)20-2/h6-8,11H,3-5,9-10,12H2,1-2H3,(H,17,18). The number of nitrogens with one attached hydrogen (secondary N) is 1. The number of methoxy groups -OCH3 is 1. The van der Waals surface area contributed by atoms with Gasteiger partial charge in [0.05, 0.1) is 13.5 Å². The number of benzene rings is 1. The Morgan fingerprint density at radius 3 is 2.70 bits per heavy atom. The first-order valence-electron chi connectivity index (χ1n) is 7.01. The van der Waals surface area contributed by atoms with Crippen LogP contribution in [0.25, 0.3) is 0 Å². The zero-order chi connectivity index (χ0) is 14.8. The number of carbonyl (C=O) groups excluding carboxylic acids is 2. The summed E-state index contributed by atoms with van der Waals surface area (Å²) in [5, 5.41) is 2.90. The smallest absolute Gasteiger partial charge is 0.305 e. The Kier molecular flexibility index (Phi) is 7.40. The molecule has 110 valence electrons. The third-order valence-electron chi connectivity index (χ3n) is 3.05. The van der Waals surface area contributed by atoms with E-state index >= 15 is 0 Å². The van der Waals surface area contributed by atoms with Crippen LogP contribution in [0.15, 0.2) is 24.3 Å². The first kappa shape index (κ1) is 16.2. The van der Waals surface area contributed by atoms with E-state index in [1.54, 1.807) is 0 Å². The van der Waals surface area contributed by atoms with Crippen molar-refractivity contribution in [2.75, 3.05) is 13.7 Å². The molecule has 0 heterocycles. The largest absolute Gasteiger partial charge is 0.469 e. The number of hydrogen-bond donors (Lipinski definition) is 1. The third-order valence-corrected chi connectivity index (χ3v) is 3.05. The highest BCUT2D eigenvalue weighted by Crippen LogP contribution is 2.05. The number of rotatable bonds is 8. The summed E-state index contributed by atoms with van der Waals surface area (Å²) in [5.41, 5.74) is 2.20. The highest BCUT2D eigenvalue weighted by Gasteiger charge is 2.03. The van der Waals surface area contributed by atoms with Gasteiger partial charge in [-0.3, -0.25) is 9.59 Å². The fourth-order valence-corrected chi connectivity index (χ4v) is 1.97. The van der Waals surface area contributed by atoms with E-state index in [0.29, 0.717) is 19.4 Å². The van der Waals surface area contributed by atoms with Crippen LogP contribution in [0.4, 0.5) is 0 Å². The molecule has 1 aromatic carbocycles. The maximum atomic E-state index is 11.7. The van der Waals surface area contributed by atoms with Crippen LogP contribution < -0.4 is 5.32 Å². The van der Waals surface area contributed by atoms with E-state index in [9.17, 15) is 9.59 Å². The van der Waals surface area contributed by atoms with Crippen molar-refractivity contribution in [3.05, 3.63) is 35.4 Å². The second-order valence-corrected chi connectivity index (χ2v) is 4.90. The predicted octanol–water partition coefficient (Wildman–Crippen LogP) is 2.39. The van der Waals surface area contributed by atoms with Crippen molar-refractivity contribution >= 4 is 11.9 Å². The molecule has 0 aliphatic carbocycles. The van der Waals surface area contributed by atoms with Gasteiger partial charge in [-0.25, -0.2) is 0 Å². The fraction of sp³-hybridized carbons (Fsp3) is 0.500. The lowest BCUT2D eigenvalue weighted by atomic mass is 10.1. The lowest BCUT2D eigenvalue weighted by Gasteiger charge is -2.06. The number of aryl methyl sites for hydroxylation is 1. The van der Waals surface area contributed by atoms with Crippen molar-refractivity contribution < 1.29 is 14.3 Å². The van der Waals surface area contributed by atoms with Crippen molar-refractivity contribution in [2.45, 2.75) is 39.0 Å². The van der Waals surface area contributed by atoms with Crippen LogP contribution in [0.2, 0.25) is 0 Å². The van der Waals surface area contributed by atoms with Gasteiger partial charge in [0.15, 0.2) is 0 Å². The molecule has 0 saturated carbocycles. The van der Waals surface area contributed by atoms with Crippen molar-refractivity contribution in [3.63, 3.8) is 0 Å². The van der Waals surface area contributed by atoms with Gasteiger partial charge in [0, 0.05) is 13.0 Å². The number of carbonyl (C=O) groups is 2. The molecule has 0 saturated heterocycles. The molecule has 0 aromatic heterocycles. The number of amides is 1. The normalized spacial score (nSPS) is 10.1. The summed E-state index contributed by atoms with van der Waals surface area (Å²) in [4.78, 5) is 22.6. The minimum atomic E-state index is -0.173. The molecule has 1 rings (SSSR count). The van der Waals surface area contributed by atoms with Gasteiger partial charge in [-0.15, -0.1) is 0 Å². The molecule has 20 heavy (non-hydrogen) atoms. The van der Waals surface area contributed by atoms with Gasteiger partial charge in [-0.1, -0.05) is 36.2 Å². The van der Waals surface area contributed by atoms with E-state index in [4.69, 9.17) is 0 Å². The van der Waals surface area contributed by atoms with Crippen LogP contribution in [0, 0.1) is 6.92 Å². The third kappa shape index (κ3) is 6.92. The Morgan fingerprint density at radius 2 is 2.00 bits per heavy atom. The molecule has 0 aliphatic heterocycles. The molecular formula is C16H23NO3. The van der Waals surface area contributed by atoms with Gasteiger partial charge in [0.1, 0.15) is 0 Å². The second kappa shape index (κ2) is 9.13. The van der Waals surface area contributed by atoms with E-state index in [0.717, 1.165) is 30.4 Å². The predicted molar refractivity (Wildman–Crippen MR) is 78.4 cm³/mol. The van der Waals surface area contributed by atoms with E-state index in [1.165, 1.54) is 7.11 Å². The molecule has 0 fully saturated rings. The van der Waals surface area contributed by atoms with Crippen LogP contribution >= 0.6 is 0 Å². The Balaban J connectivity index is 2.10. The second-order valence-electron chi connectivity index (χ2n) is 4.90. The molecule has 1 aromatic rings. The van der Waals surface area contributed by atoms with Crippen molar-refractivity contribution in [1.82, 2.24) is 5.32 Å². The van der Waals surface area contributed by atoms with Crippen LogP contribution in [-0.4, -0.2) is 25.5 Å². The molecule has 0 radical (unpaired) electrons. The van der Waals surface area contributed by atoms with E-state index in [-0.39, 0.29) is 11.9 Å². The summed E-state index contributed by atoms with van der Waals surface area (Å²) in [7, 11) is 1.40. The van der Waals surface area contributed by atoms with Gasteiger partial charge < -0.3 is 10.1 Å². The maximum absolute atomic E-state index is 11.7. The molecule has 1 amide bonds. The van der Waals surface area contributed by atoms with Crippen LogP contribution in [0.3, 0.4) is 0 Å². The van der Waals surface area contributed by atoms with E-state index in [1.807, 2.05) is 31.2 Å². The van der Waals surface area contributed by atoms with Crippen LogP contribution in [0.5, 0.6) is 0 Å². The Bertz CT molecular complexity index is 443. The van der Waals surface area contributed by atoms with Crippen LogP contribution in [0.1, 0.15) is 36.8 Å². The molecule has 4 heteroatoms. The van der Waals surface area contributed by atoms with Crippen molar-refractivity contribution in [1.29, 1.82) is 0 Å². The molecule has 0 atom stereocenters. The first-order valence-corrected chi connectivity index (χ1v) is 7.01. The summed E-state index contributed by atoms with van der Waals surface area (Å²) < 4.78 is 4.56. The topological polar surface area (TPSA) is 55.4 Å². The molecule has 1 N–H and O–H groups in total. The average molecular weight is 277 g/mol. The highest BCUT2D eigenvalue weighted by molar-refractivity contribution is 5.78. The maximum Gasteiger partial charge on any atom is 0.305 e. The minimum Gasteiger partial charge on any atom is -0.469 e. The van der Waals surface area contributed by atoms with E-state index in [2.05, 4.69) is 10.1 Å². The molecule has 0 spiro atoms. The minimum absolute atomic E-state index is 0.0450. The molecule has 0 unspecified atom stereocenters. The van der Waals surface area contributed by atoms with Gasteiger partial charge in [-0.05, 0) is 25.3 Å². The zero-order valence-electron chi connectivity index (χ0n) is 12.3. The highest BCUT2D eigenvalue weighted by atomic mass is 16.5. The lowest BCUT2D eigenvalue weighted by Crippen LogP contribution is -2.26. The summed E-state index contributed by atoms with van der Waals surface area (Å²) >= 11 is 0. The average Bonchev–Trinajstić information content (AvgIpc) is 2.42. The molecule has 0 bridgehead atoms. The van der Waals surface area contributed by atoms with E-state index < -0.39 is 0 Å². The Labute approximate surface area is 120 Å². The summed E-state index contributed by atoms with van der Waals surface area (Å²) in [6, 6.07) is 7.96. The monoisotopic (exact) mass is 277 g/mol. The van der Waals surface area contributed by atoms with Gasteiger partial charge in [0.25, 0.3) is 0 Å². The zero-order valence-corrected chi connectivity index (χ0v) is 12.3. The number of hydrogen-bond acceptors (Lipinski definition) is 3. The summed E-state index contributed by atoms with van der Waals surface area (Å²) in [6.07, 6.45) is 3.48. The SMILES string of the molecule is COC(=O)CCCCCNC(=O)Cc1cccc(C)c1. The molecular weight excluding hydrogens is 254 g/mol. The Morgan fingerprint density at radius 1 is 1.20 bits per heavy atom. The van der Waals surface area contributed by atoms with Crippen molar-refractivity contribution in [2.24, 2.45) is 0 Å². The Hall–Kier alpha value is -1.84. The fourth-order valence-electron chi connectivity index (χ4n) is 1.97. The van der Waals surface area contributed by atoms with Crippen LogP contribution in [-0.2, 0) is 20.7 Å². The molecule has 0 aliphatic rings. The van der Waals surface area contributed by atoms with Crippen molar-refractivity contribution in [3.8, 4) is 0 Å². The van der Waals surface area contributed by atoms with Gasteiger partial charge >= 0.3 is 5.97 Å². The quantitative estimate of drug-likeness (QED) is 0.586. The lowest BCUT2D eigenvalue weighted by molar-refractivity contribution is -0.140. The number of unbranched alkanes of at least 4 members (excludes halogenated alkanes) is 2. The number of ether oxygens (including phenoxy) is 1. The number of esters is 1.